The van der Waals surface area contributed by atoms with Gasteiger partial charge in [0.2, 0.25) is 5.91 Å². The van der Waals surface area contributed by atoms with E-state index in [0.717, 1.165) is 5.56 Å². The maximum Gasteiger partial charge on any atom is 0.254 e. The summed E-state index contributed by atoms with van der Waals surface area (Å²) in [7, 11) is 0. The van der Waals surface area contributed by atoms with Crippen LogP contribution < -0.4 is 10.9 Å². The molecule has 0 saturated carbocycles. The predicted octanol–water partition coefficient (Wildman–Crippen LogP) is 3.65. The molecule has 0 aliphatic rings. The lowest BCUT2D eigenvalue weighted by Gasteiger charge is -2.10. The summed E-state index contributed by atoms with van der Waals surface area (Å²) in [4.78, 5) is 28.6. The van der Waals surface area contributed by atoms with Crippen LogP contribution in [0.1, 0.15) is 5.56 Å². The summed E-state index contributed by atoms with van der Waals surface area (Å²) in [5.41, 5.74) is 2.11. The zero-order chi connectivity index (χ0) is 18.7. The summed E-state index contributed by atoms with van der Waals surface area (Å²) in [5, 5.41) is 3.23. The van der Waals surface area contributed by atoms with E-state index in [2.05, 4.69) is 10.3 Å². The minimum absolute atomic E-state index is 0.179. The predicted molar refractivity (Wildman–Crippen MR) is 98.7 cm³/mol. The molecule has 0 radical (unpaired) electrons. The normalized spacial score (nSPS) is 10.6. The molecule has 1 aromatic heterocycles. The van der Waals surface area contributed by atoms with E-state index in [1.807, 2.05) is 6.92 Å². The molecule has 26 heavy (non-hydrogen) atoms. The number of aryl methyl sites for hydroxylation is 1. The molecular weight excluding hydrogens is 357 g/mol. The maximum atomic E-state index is 13.0. The third-order valence-corrected chi connectivity index (χ3v) is 4.04. The number of carbonyl (C=O) groups is 1. The molecule has 0 atom stereocenters. The van der Waals surface area contributed by atoms with Gasteiger partial charge in [-0.2, -0.15) is 0 Å². The molecule has 5 nitrogen and oxygen atoms in total. The van der Waals surface area contributed by atoms with Gasteiger partial charge in [0.15, 0.2) is 0 Å². The van der Waals surface area contributed by atoms with Crippen molar-refractivity contribution in [2.75, 3.05) is 5.32 Å². The van der Waals surface area contributed by atoms with Gasteiger partial charge in [-0.15, -0.1) is 0 Å². The molecular formula is C19H15ClFN3O2. The van der Waals surface area contributed by atoms with Crippen molar-refractivity contribution in [3.63, 3.8) is 0 Å². The molecule has 1 N–H and O–H groups in total. The molecule has 3 rings (SSSR count). The van der Waals surface area contributed by atoms with Crippen LogP contribution in [0.2, 0.25) is 5.02 Å². The molecule has 7 heteroatoms. The fourth-order valence-corrected chi connectivity index (χ4v) is 2.57. The first-order chi connectivity index (χ1) is 12.4. The summed E-state index contributed by atoms with van der Waals surface area (Å²) in [5.74, 6) is -0.733. The highest BCUT2D eigenvalue weighted by molar-refractivity contribution is 6.31. The molecule has 0 aliphatic heterocycles. The SMILES string of the molecule is Cc1ccc(Cl)cc1NC(=O)Cn1cnc(-c2ccc(F)cc2)cc1=O. The first-order valence-electron chi connectivity index (χ1n) is 7.81. The number of hydrogen-bond donors (Lipinski definition) is 1. The van der Waals surface area contributed by atoms with Crippen LogP contribution in [-0.4, -0.2) is 15.5 Å². The molecule has 132 valence electrons. The summed E-state index contributed by atoms with van der Waals surface area (Å²) in [6.07, 6.45) is 1.30. The molecule has 3 aromatic rings. The van der Waals surface area contributed by atoms with Crippen LogP contribution in [0.3, 0.4) is 0 Å². The number of nitrogens with one attached hydrogen (secondary N) is 1. The average molecular weight is 372 g/mol. The Morgan fingerprint density at radius 3 is 2.62 bits per heavy atom. The van der Waals surface area contributed by atoms with Gasteiger partial charge in [-0.1, -0.05) is 17.7 Å². The lowest BCUT2D eigenvalue weighted by Crippen LogP contribution is -2.27. The third kappa shape index (κ3) is 4.15. The molecule has 0 aliphatic carbocycles. The highest BCUT2D eigenvalue weighted by atomic mass is 35.5. The van der Waals surface area contributed by atoms with Gasteiger partial charge in [-0.05, 0) is 48.9 Å². The Kier molecular flexibility index (Phi) is 5.14. The number of carbonyl (C=O) groups excluding carboxylic acids is 1. The minimum atomic E-state index is -0.378. The maximum absolute atomic E-state index is 13.0. The van der Waals surface area contributed by atoms with E-state index in [9.17, 15) is 14.0 Å². The van der Waals surface area contributed by atoms with Crippen molar-refractivity contribution < 1.29 is 9.18 Å². The lowest BCUT2D eigenvalue weighted by molar-refractivity contribution is -0.116. The van der Waals surface area contributed by atoms with Crippen LogP contribution in [0.5, 0.6) is 0 Å². The molecule has 1 heterocycles. The Bertz CT molecular complexity index is 1020. The zero-order valence-electron chi connectivity index (χ0n) is 13.9. The van der Waals surface area contributed by atoms with Crippen LogP contribution >= 0.6 is 11.6 Å². The van der Waals surface area contributed by atoms with Gasteiger partial charge in [-0.25, -0.2) is 9.37 Å². The summed E-state index contributed by atoms with van der Waals surface area (Å²) in [6.45, 7) is 1.67. The molecule has 0 bridgehead atoms. The molecule has 0 fully saturated rings. The Labute approximate surface area is 154 Å². The Balaban J connectivity index is 1.75. The van der Waals surface area contributed by atoms with Crippen LogP contribution in [0.4, 0.5) is 10.1 Å². The Morgan fingerprint density at radius 1 is 1.19 bits per heavy atom. The fraction of sp³-hybridized carbons (Fsp3) is 0.105. The first-order valence-corrected chi connectivity index (χ1v) is 8.18. The molecule has 1 amide bonds. The van der Waals surface area contributed by atoms with Crippen molar-refractivity contribution >= 4 is 23.2 Å². The van der Waals surface area contributed by atoms with E-state index in [4.69, 9.17) is 11.6 Å². The molecule has 2 aromatic carbocycles. The number of rotatable bonds is 4. The van der Waals surface area contributed by atoms with Gasteiger partial charge in [-0.3, -0.25) is 14.2 Å². The van der Waals surface area contributed by atoms with E-state index >= 15 is 0 Å². The van der Waals surface area contributed by atoms with Crippen molar-refractivity contribution in [2.45, 2.75) is 13.5 Å². The Morgan fingerprint density at radius 2 is 1.92 bits per heavy atom. The summed E-state index contributed by atoms with van der Waals surface area (Å²) in [6, 6.07) is 12.1. The van der Waals surface area contributed by atoms with E-state index in [1.165, 1.54) is 41.2 Å². The number of nitrogens with zero attached hydrogens (tertiary/aromatic N) is 2. The number of amides is 1. The topological polar surface area (TPSA) is 64.0 Å². The second kappa shape index (κ2) is 7.49. The largest absolute Gasteiger partial charge is 0.324 e. The third-order valence-electron chi connectivity index (χ3n) is 3.81. The quantitative estimate of drug-likeness (QED) is 0.761. The second-order valence-electron chi connectivity index (χ2n) is 5.75. The monoisotopic (exact) mass is 371 g/mol. The van der Waals surface area contributed by atoms with Crippen LogP contribution in [0.25, 0.3) is 11.3 Å². The minimum Gasteiger partial charge on any atom is -0.324 e. The van der Waals surface area contributed by atoms with Gasteiger partial charge in [0, 0.05) is 22.3 Å². The van der Waals surface area contributed by atoms with E-state index in [0.29, 0.717) is 22.0 Å². The zero-order valence-corrected chi connectivity index (χ0v) is 14.6. The van der Waals surface area contributed by atoms with Gasteiger partial charge in [0.1, 0.15) is 12.4 Å². The number of benzene rings is 2. The molecule has 0 unspecified atom stereocenters. The van der Waals surface area contributed by atoms with Crippen molar-refractivity contribution in [1.29, 1.82) is 0 Å². The Hall–Kier alpha value is -2.99. The van der Waals surface area contributed by atoms with Crippen molar-refractivity contribution in [3.8, 4) is 11.3 Å². The van der Waals surface area contributed by atoms with Crippen molar-refractivity contribution in [2.24, 2.45) is 0 Å². The van der Waals surface area contributed by atoms with Crippen molar-refractivity contribution in [3.05, 3.63) is 81.6 Å². The fourth-order valence-electron chi connectivity index (χ4n) is 2.40. The number of aromatic nitrogens is 2. The average Bonchev–Trinajstić information content (AvgIpc) is 2.60. The van der Waals surface area contributed by atoms with Gasteiger partial charge in [0.05, 0.1) is 12.0 Å². The number of hydrogen-bond acceptors (Lipinski definition) is 3. The van der Waals surface area contributed by atoms with Crippen LogP contribution in [0, 0.1) is 12.7 Å². The standard InChI is InChI=1S/C19H15ClFN3O2/c1-12-2-5-14(20)8-16(12)23-18(25)10-24-11-22-17(9-19(24)26)13-3-6-15(21)7-4-13/h2-9,11H,10H2,1H3,(H,23,25). The van der Waals surface area contributed by atoms with Gasteiger partial charge >= 0.3 is 0 Å². The second-order valence-corrected chi connectivity index (χ2v) is 6.19. The smallest absolute Gasteiger partial charge is 0.254 e. The highest BCUT2D eigenvalue weighted by Crippen LogP contribution is 2.20. The summed E-state index contributed by atoms with van der Waals surface area (Å²) >= 11 is 5.93. The van der Waals surface area contributed by atoms with E-state index < -0.39 is 0 Å². The van der Waals surface area contributed by atoms with Crippen molar-refractivity contribution in [1.82, 2.24) is 9.55 Å². The molecule has 0 saturated heterocycles. The van der Waals surface area contributed by atoms with Gasteiger partial charge < -0.3 is 5.32 Å². The van der Waals surface area contributed by atoms with E-state index in [1.54, 1.807) is 18.2 Å². The lowest BCUT2D eigenvalue weighted by atomic mass is 10.1. The van der Waals surface area contributed by atoms with Crippen LogP contribution in [0.15, 0.2) is 59.7 Å². The number of anilines is 1. The van der Waals surface area contributed by atoms with E-state index in [-0.39, 0.29) is 23.8 Å². The highest BCUT2D eigenvalue weighted by Gasteiger charge is 2.09. The van der Waals surface area contributed by atoms with Crippen LogP contribution in [-0.2, 0) is 11.3 Å². The first kappa shape index (κ1) is 17.8. The number of halogens is 2. The molecule has 0 spiro atoms. The summed E-state index contributed by atoms with van der Waals surface area (Å²) < 4.78 is 14.2. The van der Waals surface area contributed by atoms with Gasteiger partial charge in [0.25, 0.3) is 5.56 Å².